The fourth-order valence-corrected chi connectivity index (χ4v) is 7.31. The molecule has 3 heteroatoms. The minimum Gasteiger partial charge on any atom is -0.494 e. The summed E-state index contributed by atoms with van der Waals surface area (Å²) in [6.07, 6.45) is 22.7. The highest BCUT2D eigenvalue weighted by molar-refractivity contribution is 5.61. The van der Waals surface area contributed by atoms with E-state index in [1.54, 1.807) is 0 Å². The Hall–Kier alpha value is -3.72. The lowest BCUT2D eigenvalue weighted by atomic mass is 9.65. The highest BCUT2D eigenvalue weighted by atomic mass is 16.5. The quantitative estimate of drug-likeness (QED) is 0.0435. The predicted octanol–water partition coefficient (Wildman–Crippen LogP) is 14.3. The molecule has 0 aliphatic heterocycles. The smallest absolute Gasteiger partial charge is 0.119 e. The summed E-state index contributed by atoms with van der Waals surface area (Å²) in [6, 6.07) is 37.4. The van der Waals surface area contributed by atoms with Crippen LogP contribution in [0.25, 0.3) is 0 Å². The fraction of sp³-hybridized carbons (Fsp3) is 0.510. The fourth-order valence-electron chi connectivity index (χ4n) is 7.31. The first-order valence-corrected chi connectivity index (χ1v) is 21.0. The largest absolute Gasteiger partial charge is 0.494 e. The Morgan fingerprint density at radius 3 is 0.885 bits per heavy atom. The Kier molecular flexibility index (Phi) is 19.3. The van der Waals surface area contributed by atoms with Crippen LogP contribution in [-0.4, -0.2) is 19.8 Å². The molecule has 0 saturated carbocycles. The number of benzene rings is 4. The first kappa shape index (κ1) is 41.0. The maximum absolute atomic E-state index is 6.24. The number of ether oxygens (including phenoxy) is 3. The van der Waals surface area contributed by atoms with Gasteiger partial charge in [-0.05, 0) is 77.9 Å². The predicted molar refractivity (Wildman–Crippen MR) is 221 cm³/mol. The van der Waals surface area contributed by atoms with Crippen LogP contribution in [0.5, 0.6) is 17.2 Å². The summed E-state index contributed by atoms with van der Waals surface area (Å²) in [5, 5.41) is 0. The zero-order valence-electron chi connectivity index (χ0n) is 32.9. The van der Waals surface area contributed by atoms with E-state index in [4.69, 9.17) is 14.2 Å². The molecule has 0 atom stereocenters. The Morgan fingerprint density at radius 1 is 0.308 bits per heavy atom. The van der Waals surface area contributed by atoms with Crippen LogP contribution in [0.15, 0.2) is 103 Å². The molecule has 0 saturated heterocycles. The average Bonchev–Trinajstić information content (AvgIpc) is 3.19. The topological polar surface area (TPSA) is 27.7 Å². The summed E-state index contributed by atoms with van der Waals surface area (Å²) in [5.74, 6) is 2.78. The van der Waals surface area contributed by atoms with Gasteiger partial charge in [-0.2, -0.15) is 0 Å². The summed E-state index contributed by atoms with van der Waals surface area (Å²) >= 11 is 0. The zero-order valence-corrected chi connectivity index (χ0v) is 32.9. The van der Waals surface area contributed by atoms with E-state index in [-0.39, 0.29) is 0 Å². The normalized spacial score (nSPS) is 11.4. The molecule has 4 aromatic carbocycles. The first-order chi connectivity index (χ1) is 25.7. The van der Waals surface area contributed by atoms with E-state index >= 15 is 0 Å². The van der Waals surface area contributed by atoms with Gasteiger partial charge in [0.1, 0.15) is 17.2 Å². The van der Waals surface area contributed by atoms with Crippen LogP contribution in [-0.2, 0) is 5.41 Å². The van der Waals surface area contributed by atoms with Gasteiger partial charge in [-0.1, -0.05) is 184 Å². The number of rotatable bonds is 28. The van der Waals surface area contributed by atoms with Crippen molar-refractivity contribution in [1.82, 2.24) is 0 Å². The summed E-state index contributed by atoms with van der Waals surface area (Å²) < 4.78 is 18.7. The molecule has 4 rings (SSSR count). The number of unbranched alkanes of at least 4 members (excludes halogenated alkanes) is 15. The molecule has 0 aromatic heterocycles. The van der Waals surface area contributed by atoms with Crippen LogP contribution in [0, 0.1) is 0 Å². The molecule has 0 N–H and O–H groups in total. The van der Waals surface area contributed by atoms with E-state index in [2.05, 4.69) is 124 Å². The summed E-state index contributed by atoms with van der Waals surface area (Å²) in [5.41, 5.74) is 4.28. The lowest BCUT2D eigenvalue weighted by Gasteiger charge is -2.37. The lowest BCUT2D eigenvalue weighted by molar-refractivity contribution is 0.304. The monoisotopic (exact) mass is 705 g/mol. The third-order valence-electron chi connectivity index (χ3n) is 10.4. The van der Waals surface area contributed by atoms with Gasteiger partial charge in [0, 0.05) is 0 Å². The van der Waals surface area contributed by atoms with Crippen LogP contribution in [0.4, 0.5) is 0 Å². The van der Waals surface area contributed by atoms with Crippen LogP contribution in [0.3, 0.4) is 0 Å². The molecule has 0 aliphatic rings. The van der Waals surface area contributed by atoms with Crippen molar-refractivity contribution in [2.45, 2.75) is 142 Å². The van der Waals surface area contributed by atoms with Crippen LogP contribution < -0.4 is 14.2 Å². The van der Waals surface area contributed by atoms with E-state index in [0.29, 0.717) is 0 Å². The average molecular weight is 705 g/mol. The molecule has 0 heterocycles. The third-order valence-corrected chi connectivity index (χ3v) is 10.4. The van der Waals surface area contributed by atoms with Gasteiger partial charge >= 0.3 is 0 Å². The summed E-state index contributed by atoms with van der Waals surface area (Å²) in [4.78, 5) is 0. The van der Waals surface area contributed by atoms with E-state index in [9.17, 15) is 0 Å². The maximum Gasteiger partial charge on any atom is 0.119 e. The zero-order chi connectivity index (χ0) is 36.5. The van der Waals surface area contributed by atoms with Gasteiger partial charge in [0.2, 0.25) is 0 Å². The van der Waals surface area contributed by atoms with Crippen molar-refractivity contribution < 1.29 is 14.2 Å². The molecule has 4 aromatic rings. The summed E-state index contributed by atoms with van der Waals surface area (Å²) in [6.45, 7) is 9.08. The molecule has 282 valence electrons. The van der Waals surface area contributed by atoms with Gasteiger partial charge in [-0.25, -0.2) is 0 Å². The molecule has 0 spiro atoms. The van der Waals surface area contributed by atoms with Gasteiger partial charge in [-0.3, -0.25) is 0 Å². The highest BCUT2D eigenvalue weighted by Gasteiger charge is 2.38. The van der Waals surface area contributed by atoms with Crippen molar-refractivity contribution in [2.75, 3.05) is 19.8 Å². The van der Waals surface area contributed by atoms with E-state index in [1.807, 2.05) is 0 Å². The van der Waals surface area contributed by atoms with E-state index in [1.165, 1.54) is 119 Å². The molecule has 0 aliphatic carbocycles. The Bertz CT molecular complexity index is 1290. The number of hydrogen-bond acceptors (Lipinski definition) is 3. The molecule has 0 amide bonds. The highest BCUT2D eigenvalue weighted by Crippen LogP contribution is 2.46. The van der Waals surface area contributed by atoms with E-state index < -0.39 is 5.41 Å². The molecule has 52 heavy (non-hydrogen) atoms. The second-order valence-corrected chi connectivity index (χ2v) is 14.5. The lowest BCUT2D eigenvalue weighted by Crippen LogP contribution is -2.31. The molecular weight excluding hydrogens is 637 g/mol. The molecule has 0 radical (unpaired) electrons. The van der Waals surface area contributed by atoms with Crippen molar-refractivity contribution in [3.8, 4) is 17.2 Å². The van der Waals surface area contributed by atoms with Crippen molar-refractivity contribution in [3.63, 3.8) is 0 Å². The molecule has 0 unspecified atom stereocenters. The van der Waals surface area contributed by atoms with Crippen LogP contribution >= 0.6 is 0 Å². The number of hydrogen-bond donors (Lipinski definition) is 0. The van der Waals surface area contributed by atoms with Crippen LogP contribution in [0.2, 0.25) is 0 Å². The Labute approximate surface area is 317 Å². The Morgan fingerprint density at radius 2 is 0.577 bits per heavy atom. The van der Waals surface area contributed by atoms with Crippen molar-refractivity contribution in [2.24, 2.45) is 0 Å². The first-order valence-electron chi connectivity index (χ1n) is 21.0. The molecular formula is C49H68O3. The summed E-state index contributed by atoms with van der Waals surface area (Å²) in [7, 11) is 0. The van der Waals surface area contributed by atoms with Gasteiger partial charge in [0.15, 0.2) is 0 Å². The van der Waals surface area contributed by atoms with Gasteiger partial charge in [-0.15, -0.1) is 0 Å². The van der Waals surface area contributed by atoms with E-state index in [0.717, 1.165) is 56.3 Å². The second kappa shape index (κ2) is 24.5. The second-order valence-electron chi connectivity index (χ2n) is 14.5. The van der Waals surface area contributed by atoms with Crippen molar-refractivity contribution >= 4 is 0 Å². The van der Waals surface area contributed by atoms with Crippen LogP contribution in [0.1, 0.15) is 159 Å². The molecule has 0 bridgehead atoms. The minimum atomic E-state index is -0.547. The molecule has 0 fully saturated rings. The van der Waals surface area contributed by atoms with Crippen molar-refractivity contribution in [3.05, 3.63) is 125 Å². The molecule has 3 nitrogen and oxygen atoms in total. The maximum atomic E-state index is 6.24. The minimum absolute atomic E-state index is 0.547. The standard InChI is InChI=1S/C49H68O3/c1-4-7-10-13-16-22-39-50-46-33-27-43(28-34-46)49(42-25-20-19-21-26-42,44-29-35-47(36-30-44)51-40-23-17-14-11-8-5-2)45-31-37-48(38-32-45)52-41-24-18-15-12-9-6-3/h19-21,25-38H,4-18,22-24,39-41H2,1-3H3. The van der Waals surface area contributed by atoms with Gasteiger partial charge in [0.05, 0.1) is 25.2 Å². The Balaban J connectivity index is 1.58. The van der Waals surface area contributed by atoms with Gasteiger partial charge in [0.25, 0.3) is 0 Å². The SMILES string of the molecule is CCCCCCCCOc1ccc(C(c2ccccc2)(c2ccc(OCCCCCCCC)cc2)c2ccc(OCCCCCCCC)cc2)cc1. The third kappa shape index (κ3) is 13.0. The van der Waals surface area contributed by atoms with Crippen molar-refractivity contribution in [1.29, 1.82) is 0 Å². The van der Waals surface area contributed by atoms with Gasteiger partial charge < -0.3 is 14.2 Å².